The maximum Gasteiger partial charge on any atom is 0.513 e. The molecule has 0 fully saturated rings. The molecular weight excluding hydrogens is 393 g/mol. The third-order valence-electron chi connectivity index (χ3n) is 5.04. The number of ether oxygens (including phenoxy) is 2. The maximum atomic E-state index is 13.0. The minimum atomic E-state index is -4.41. The first-order valence-corrected chi connectivity index (χ1v) is 9.18. The van der Waals surface area contributed by atoms with Gasteiger partial charge >= 0.3 is 12.3 Å². The summed E-state index contributed by atoms with van der Waals surface area (Å²) in [4.78, 5) is 12.0. The van der Waals surface area contributed by atoms with Crippen LogP contribution in [0.4, 0.5) is 18.0 Å². The maximum absolute atomic E-state index is 13.0. The standard InChI is InChI=1S/C24H17F3O3/c1-14-7-8-17-13-16-5-3-4-6-19(16)22(30-23(28)29-2)21(17)20(14)15-9-11-18(12-10-15)24(25,26)27/h3-13H,1-2H3. The van der Waals surface area contributed by atoms with Crippen LogP contribution >= 0.6 is 0 Å². The summed E-state index contributed by atoms with van der Waals surface area (Å²) in [7, 11) is 1.22. The van der Waals surface area contributed by atoms with Crippen LogP contribution in [-0.2, 0) is 10.9 Å². The first-order valence-electron chi connectivity index (χ1n) is 9.18. The van der Waals surface area contributed by atoms with Gasteiger partial charge in [-0.2, -0.15) is 13.2 Å². The molecule has 3 nitrogen and oxygen atoms in total. The second kappa shape index (κ2) is 7.37. The number of hydrogen-bond donors (Lipinski definition) is 0. The fourth-order valence-electron chi connectivity index (χ4n) is 3.65. The van der Waals surface area contributed by atoms with Crippen LogP contribution in [0, 0.1) is 6.92 Å². The first-order chi connectivity index (χ1) is 14.3. The lowest BCUT2D eigenvalue weighted by Crippen LogP contribution is -2.08. The molecule has 30 heavy (non-hydrogen) atoms. The number of fused-ring (bicyclic) bond motifs is 2. The molecule has 0 heterocycles. The average molecular weight is 410 g/mol. The van der Waals surface area contributed by atoms with Crippen LogP contribution in [-0.4, -0.2) is 13.3 Å². The molecule has 0 saturated carbocycles. The minimum absolute atomic E-state index is 0.313. The highest BCUT2D eigenvalue weighted by molar-refractivity contribution is 6.12. The van der Waals surface area contributed by atoms with Gasteiger partial charge in [-0.05, 0) is 52.6 Å². The van der Waals surface area contributed by atoms with Gasteiger partial charge in [-0.1, -0.05) is 48.5 Å². The zero-order valence-electron chi connectivity index (χ0n) is 16.2. The second-order valence-electron chi connectivity index (χ2n) is 6.91. The van der Waals surface area contributed by atoms with Crippen molar-refractivity contribution in [3.05, 3.63) is 77.9 Å². The number of hydrogen-bond acceptors (Lipinski definition) is 3. The molecule has 0 aromatic heterocycles. The zero-order chi connectivity index (χ0) is 21.5. The number of carbonyl (C=O) groups is 1. The van der Waals surface area contributed by atoms with E-state index >= 15 is 0 Å². The quantitative estimate of drug-likeness (QED) is 0.200. The molecule has 0 aliphatic rings. The van der Waals surface area contributed by atoms with E-state index in [1.54, 1.807) is 0 Å². The lowest BCUT2D eigenvalue weighted by molar-refractivity contribution is -0.137. The minimum Gasteiger partial charge on any atom is -0.437 e. The van der Waals surface area contributed by atoms with Crippen LogP contribution in [0.1, 0.15) is 11.1 Å². The lowest BCUT2D eigenvalue weighted by atomic mass is 9.91. The molecular formula is C24H17F3O3. The number of alkyl halides is 3. The molecule has 4 rings (SSSR count). The van der Waals surface area contributed by atoms with Crippen LogP contribution in [0.5, 0.6) is 5.75 Å². The van der Waals surface area contributed by atoms with Gasteiger partial charge in [-0.15, -0.1) is 0 Å². The Balaban J connectivity index is 2.05. The van der Waals surface area contributed by atoms with Crippen LogP contribution in [0.2, 0.25) is 0 Å². The highest BCUT2D eigenvalue weighted by atomic mass is 19.4. The molecule has 0 amide bonds. The molecule has 6 heteroatoms. The van der Waals surface area contributed by atoms with E-state index in [-0.39, 0.29) is 0 Å². The lowest BCUT2D eigenvalue weighted by Gasteiger charge is -2.17. The fraction of sp³-hybridized carbons (Fsp3) is 0.125. The fourth-order valence-corrected chi connectivity index (χ4v) is 3.65. The van der Waals surface area contributed by atoms with Crippen molar-refractivity contribution in [2.45, 2.75) is 13.1 Å². The van der Waals surface area contributed by atoms with Gasteiger partial charge in [-0.3, -0.25) is 0 Å². The topological polar surface area (TPSA) is 35.5 Å². The van der Waals surface area contributed by atoms with Gasteiger partial charge in [0, 0.05) is 10.8 Å². The van der Waals surface area contributed by atoms with Gasteiger partial charge in [-0.25, -0.2) is 4.79 Å². The number of benzene rings is 4. The molecule has 4 aromatic carbocycles. The van der Waals surface area contributed by atoms with E-state index in [9.17, 15) is 18.0 Å². The molecule has 0 aliphatic carbocycles. The second-order valence-corrected chi connectivity index (χ2v) is 6.91. The Morgan fingerprint density at radius 1 is 0.900 bits per heavy atom. The van der Waals surface area contributed by atoms with E-state index in [1.807, 2.05) is 49.4 Å². The van der Waals surface area contributed by atoms with Gasteiger partial charge in [0.05, 0.1) is 12.7 Å². The number of rotatable bonds is 2. The largest absolute Gasteiger partial charge is 0.513 e. The molecule has 4 aromatic rings. The summed E-state index contributed by atoms with van der Waals surface area (Å²) in [6.07, 6.45) is -5.28. The summed E-state index contributed by atoms with van der Waals surface area (Å²) < 4.78 is 49.3. The molecule has 0 atom stereocenters. The Morgan fingerprint density at radius 3 is 2.27 bits per heavy atom. The molecule has 0 N–H and O–H groups in total. The van der Waals surface area contributed by atoms with E-state index < -0.39 is 17.9 Å². The number of aryl methyl sites for hydroxylation is 1. The van der Waals surface area contributed by atoms with Gasteiger partial charge < -0.3 is 9.47 Å². The van der Waals surface area contributed by atoms with Gasteiger partial charge in [0.25, 0.3) is 0 Å². The van der Waals surface area contributed by atoms with Crippen LogP contribution in [0.25, 0.3) is 32.7 Å². The van der Waals surface area contributed by atoms with Crippen molar-refractivity contribution in [2.24, 2.45) is 0 Å². The molecule has 0 bridgehead atoms. The average Bonchev–Trinajstić information content (AvgIpc) is 2.73. The van der Waals surface area contributed by atoms with Crippen molar-refractivity contribution in [3.63, 3.8) is 0 Å². The van der Waals surface area contributed by atoms with Crippen molar-refractivity contribution >= 4 is 27.7 Å². The normalized spacial score (nSPS) is 11.6. The molecule has 0 unspecified atom stereocenters. The summed E-state index contributed by atoms with van der Waals surface area (Å²) in [6.45, 7) is 1.86. The number of methoxy groups -OCH3 is 1. The van der Waals surface area contributed by atoms with E-state index in [4.69, 9.17) is 9.47 Å². The monoisotopic (exact) mass is 410 g/mol. The zero-order valence-corrected chi connectivity index (χ0v) is 16.2. The molecule has 0 saturated heterocycles. The first kappa shape index (κ1) is 19.8. The predicted molar refractivity (Wildman–Crippen MR) is 110 cm³/mol. The van der Waals surface area contributed by atoms with Crippen LogP contribution in [0.15, 0.2) is 66.7 Å². The molecule has 0 spiro atoms. The molecule has 152 valence electrons. The summed E-state index contributed by atoms with van der Waals surface area (Å²) in [5, 5.41) is 3.01. The van der Waals surface area contributed by atoms with E-state index in [0.717, 1.165) is 28.5 Å². The van der Waals surface area contributed by atoms with Crippen LogP contribution < -0.4 is 4.74 Å². The predicted octanol–water partition coefficient (Wildman–Crippen LogP) is 7.13. The van der Waals surface area contributed by atoms with Crippen molar-refractivity contribution in [3.8, 4) is 16.9 Å². The van der Waals surface area contributed by atoms with E-state index in [0.29, 0.717) is 27.6 Å². The van der Waals surface area contributed by atoms with Crippen molar-refractivity contribution in [1.82, 2.24) is 0 Å². The van der Waals surface area contributed by atoms with Gasteiger partial charge in [0.15, 0.2) is 5.75 Å². The number of halogens is 3. The Labute approximate surface area is 170 Å². The van der Waals surface area contributed by atoms with Gasteiger partial charge in [0.1, 0.15) is 0 Å². The smallest absolute Gasteiger partial charge is 0.437 e. The highest BCUT2D eigenvalue weighted by Gasteiger charge is 2.30. The molecule has 0 aliphatic heterocycles. The van der Waals surface area contributed by atoms with Crippen molar-refractivity contribution in [1.29, 1.82) is 0 Å². The van der Waals surface area contributed by atoms with E-state index in [2.05, 4.69) is 0 Å². The van der Waals surface area contributed by atoms with Crippen LogP contribution in [0.3, 0.4) is 0 Å². The Kier molecular flexibility index (Phi) is 4.86. The Morgan fingerprint density at radius 2 is 1.60 bits per heavy atom. The number of carbonyl (C=O) groups excluding carboxylic acids is 1. The Hall–Kier alpha value is -3.54. The molecule has 0 radical (unpaired) electrons. The van der Waals surface area contributed by atoms with Gasteiger partial charge in [0.2, 0.25) is 0 Å². The SMILES string of the molecule is COC(=O)Oc1c2ccccc2cc2ccc(C)c(-c3ccc(C(F)(F)F)cc3)c12. The highest BCUT2D eigenvalue weighted by Crippen LogP contribution is 2.43. The third-order valence-corrected chi connectivity index (χ3v) is 5.04. The summed E-state index contributed by atoms with van der Waals surface area (Å²) in [5.74, 6) is 0.313. The summed E-state index contributed by atoms with van der Waals surface area (Å²) >= 11 is 0. The van der Waals surface area contributed by atoms with Crippen molar-refractivity contribution in [2.75, 3.05) is 7.11 Å². The third kappa shape index (κ3) is 3.45. The Bertz CT molecular complexity index is 1260. The summed E-state index contributed by atoms with van der Waals surface area (Å²) in [5.41, 5.74) is 1.41. The van der Waals surface area contributed by atoms with E-state index in [1.165, 1.54) is 19.2 Å². The summed E-state index contributed by atoms with van der Waals surface area (Å²) in [6, 6.07) is 18.1. The van der Waals surface area contributed by atoms with Crippen molar-refractivity contribution < 1.29 is 27.4 Å².